The highest BCUT2D eigenvalue weighted by atomic mass is 32.2. The van der Waals surface area contributed by atoms with Gasteiger partial charge in [0.15, 0.2) is 11.5 Å². The number of hydrogen-bond donors (Lipinski definition) is 2. The lowest BCUT2D eigenvalue weighted by Crippen LogP contribution is -2.33. The Bertz CT molecular complexity index is 953. The summed E-state index contributed by atoms with van der Waals surface area (Å²) in [4.78, 5) is 21.5. The third-order valence-electron chi connectivity index (χ3n) is 4.57. The lowest BCUT2D eigenvalue weighted by atomic mass is 10.0. The highest BCUT2D eigenvalue weighted by molar-refractivity contribution is 8.00. The van der Waals surface area contributed by atoms with E-state index < -0.39 is 0 Å². The minimum absolute atomic E-state index is 0.0287. The maximum absolute atomic E-state index is 12.6. The van der Waals surface area contributed by atoms with E-state index in [9.17, 15) is 4.79 Å². The highest BCUT2D eigenvalue weighted by Gasteiger charge is 2.22. The van der Waals surface area contributed by atoms with Gasteiger partial charge in [0, 0.05) is 4.90 Å². The first-order valence-corrected chi connectivity index (χ1v) is 10.3. The maximum Gasteiger partial charge on any atom is 0.230 e. The van der Waals surface area contributed by atoms with Gasteiger partial charge >= 0.3 is 0 Å². The summed E-state index contributed by atoms with van der Waals surface area (Å²) < 4.78 is 11.1. The molecule has 1 amide bonds. The van der Waals surface area contributed by atoms with Crippen LogP contribution in [0.5, 0.6) is 11.5 Å². The van der Waals surface area contributed by atoms with Crippen LogP contribution in [0.15, 0.2) is 47.4 Å². The van der Waals surface area contributed by atoms with Gasteiger partial charge in [0.2, 0.25) is 5.91 Å². The minimum Gasteiger partial charge on any atom is -0.486 e. The summed E-state index contributed by atoms with van der Waals surface area (Å²) in [6.45, 7) is 5.27. The molecule has 0 radical (unpaired) electrons. The largest absolute Gasteiger partial charge is 0.486 e. The van der Waals surface area contributed by atoms with E-state index in [4.69, 9.17) is 9.47 Å². The zero-order valence-electron chi connectivity index (χ0n) is 15.9. The summed E-state index contributed by atoms with van der Waals surface area (Å²) in [7, 11) is 0. The van der Waals surface area contributed by atoms with E-state index in [1.807, 2.05) is 42.5 Å². The first-order chi connectivity index (χ1) is 13.6. The summed E-state index contributed by atoms with van der Waals surface area (Å²) in [5, 5.41) is 3.12. The number of nitrogens with one attached hydrogen (secondary N) is 2. The molecule has 6 nitrogen and oxygen atoms in total. The molecule has 0 aliphatic carbocycles. The molecule has 0 fully saturated rings. The van der Waals surface area contributed by atoms with E-state index in [2.05, 4.69) is 29.1 Å². The number of carbonyl (C=O) groups excluding carboxylic acids is 1. The van der Waals surface area contributed by atoms with Crippen LogP contribution in [0.2, 0.25) is 0 Å². The molecule has 1 aliphatic rings. The summed E-state index contributed by atoms with van der Waals surface area (Å²) in [5.41, 5.74) is 1.88. The molecule has 0 saturated carbocycles. The van der Waals surface area contributed by atoms with Gasteiger partial charge in [0.05, 0.1) is 22.8 Å². The van der Waals surface area contributed by atoms with E-state index >= 15 is 0 Å². The number of ether oxygens (including phenoxy) is 2. The average Bonchev–Trinajstić information content (AvgIpc) is 3.14. The molecule has 4 rings (SSSR count). The minimum atomic E-state index is -0.166. The number of para-hydroxylation sites is 2. The molecule has 2 heterocycles. The van der Waals surface area contributed by atoms with Gasteiger partial charge in [-0.25, -0.2) is 4.98 Å². The number of imidazole rings is 1. The lowest BCUT2D eigenvalue weighted by Gasteiger charge is -2.20. The van der Waals surface area contributed by atoms with Crippen molar-refractivity contribution in [1.29, 1.82) is 0 Å². The maximum atomic E-state index is 12.6. The van der Waals surface area contributed by atoms with Crippen LogP contribution in [-0.4, -0.2) is 34.8 Å². The van der Waals surface area contributed by atoms with Gasteiger partial charge in [0.1, 0.15) is 19.0 Å². The molecule has 1 unspecified atom stereocenters. The Hall–Kier alpha value is -2.67. The van der Waals surface area contributed by atoms with E-state index in [0.717, 1.165) is 33.3 Å². The number of carbonyl (C=O) groups is 1. The molecule has 3 aromatic rings. The van der Waals surface area contributed by atoms with Crippen molar-refractivity contribution in [3.8, 4) is 11.5 Å². The standard InChI is InChI=1S/C21H23N3O3S/c1-13(2)20(21-22-15-5-3-4-6-16(15)23-21)24-19(25)12-28-14-7-8-17-18(11-14)27-10-9-26-17/h3-8,11,13,20H,9-10,12H2,1-2H3,(H,22,23)(H,24,25). The van der Waals surface area contributed by atoms with Crippen molar-refractivity contribution in [2.24, 2.45) is 5.92 Å². The van der Waals surface area contributed by atoms with Crippen LogP contribution >= 0.6 is 11.8 Å². The second-order valence-corrected chi connectivity index (χ2v) is 8.07. The number of rotatable bonds is 6. The van der Waals surface area contributed by atoms with Gasteiger partial charge in [-0.15, -0.1) is 11.8 Å². The number of benzene rings is 2. The van der Waals surface area contributed by atoms with Crippen LogP contribution < -0.4 is 14.8 Å². The normalized spacial score (nSPS) is 14.2. The smallest absolute Gasteiger partial charge is 0.230 e. The third-order valence-corrected chi connectivity index (χ3v) is 5.56. The van der Waals surface area contributed by atoms with Gasteiger partial charge in [-0.05, 0) is 36.2 Å². The monoisotopic (exact) mass is 397 g/mol. The highest BCUT2D eigenvalue weighted by Crippen LogP contribution is 2.34. The third kappa shape index (κ3) is 4.09. The van der Waals surface area contributed by atoms with Gasteiger partial charge in [-0.1, -0.05) is 26.0 Å². The van der Waals surface area contributed by atoms with Crippen LogP contribution in [0.1, 0.15) is 25.7 Å². The van der Waals surface area contributed by atoms with Crippen molar-refractivity contribution < 1.29 is 14.3 Å². The first kappa shape index (κ1) is 18.7. The quantitative estimate of drug-likeness (QED) is 0.616. The lowest BCUT2D eigenvalue weighted by molar-refractivity contribution is -0.119. The zero-order chi connectivity index (χ0) is 19.5. The second-order valence-electron chi connectivity index (χ2n) is 7.02. The molecule has 2 N–H and O–H groups in total. The molecule has 0 bridgehead atoms. The van der Waals surface area contributed by atoms with Crippen molar-refractivity contribution in [3.63, 3.8) is 0 Å². The van der Waals surface area contributed by atoms with Crippen LogP contribution in [0, 0.1) is 5.92 Å². The van der Waals surface area contributed by atoms with Crippen molar-refractivity contribution >= 4 is 28.7 Å². The van der Waals surface area contributed by atoms with E-state index in [0.29, 0.717) is 19.0 Å². The number of hydrogen-bond acceptors (Lipinski definition) is 5. The SMILES string of the molecule is CC(C)C(NC(=O)CSc1ccc2c(c1)OCCO2)c1nc2ccccc2[nH]1. The summed E-state index contributed by atoms with van der Waals surface area (Å²) in [6.07, 6.45) is 0. The van der Waals surface area contributed by atoms with Crippen LogP contribution in [-0.2, 0) is 4.79 Å². The molecule has 0 saturated heterocycles. The Morgan fingerprint density at radius 3 is 2.75 bits per heavy atom. The fourth-order valence-electron chi connectivity index (χ4n) is 3.15. The molecule has 2 aromatic carbocycles. The molecule has 146 valence electrons. The number of thioether (sulfide) groups is 1. The zero-order valence-corrected chi connectivity index (χ0v) is 16.7. The predicted octanol–water partition coefficient (Wildman–Crippen LogP) is 3.94. The summed E-state index contributed by atoms with van der Waals surface area (Å²) in [6, 6.07) is 13.5. The van der Waals surface area contributed by atoms with Crippen molar-refractivity contribution in [3.05, 3.63) is 48.3 Å². The van der Waals surface area contributed by atoms with Gasteiger partial charge in [0.25, 0.3) is 0 Å². The number of H-pyrrole nitrogens is 1. The summed E-state index contributed by atoms with van der Waals surface area (Å²) >= 11 is 1.48. The fraction of sp³-hybridized carbons (Fsp3) is 0.333. The second kappa shape index (κ2) is 8.14. The number of fused-ring (bicyclic) bond motifs is 2. The Balaban J connectivity index is 1.41. The molecular weight excluding hydrogens is 374 g/mol. The Morgan fingerprint density at radius 2 is 1.96 bits per heavy atom. The average molecular weight is 398 g/mol. The van der Waals surface area contributed by atoms with E-state index in [1.165, 1.54) is 11.8 Å². The Labute approximate surface area is 168 Å². The Morgan fingerprint density at radius 1 is 1.18 bits per heavy atom. The van der Waals surface area contributed by atoms with Crippen LogP contribution in [0.25, 0.3) is 11.0 Å². The van der Waals surface area contributed by atoms with E-state index in [-0.39, 0.29) is 17.9 Å². The first-order valence-electron chi connectivity index (χ1n) is 9.36. The number of nitrogens with zero attached hydrogens (tertiary/aromatic N) is 1. The molecule has 1 atom stereocenters. The summed E-state index contributed by atoms with van der Waals surface area (Å²) in [5.74, 6) is 2.78. The van der Waals surface area contributed by atoms with Gasteiger partial charge in [-0.2, -0.15) is 0 Å². The molecule has 1 aliphatic heterocycles. The predicted molar refractivity (Wildman–Crippen MR) is 110 cm³/mol. The molecule has 1 aromatic heterocycles. The topological polar surface area (TPSA) is 76.2 Å². The van der Waals surface area contributed by atoms with Crippen molar-refractivity contribution in [2.45, 2.75) is 24.8 Å². The van der Waals surface area contributed by atoms with Gasteiger partial charge < -0.3 is 19.8 Å². The molecule has 28 heavy (non-hydrogen) atoms. The van der Waals surface area contributed by atoms with Crippen LogP contribution in [0.4, 0.5) is 0 Å². The number of aromatic nitrogens is 2. The molecule has 7 heteroatoms. The molecular formula is C21H23N3O3S. The van der Waals surface area contributed by atoms with E-state index in [1.54, 1.807) is 0 Å². The number of amides is 1. The fourth-order valence-corrected chi connectivity index (χ4v) is 3.88. The van der Waals surface area contributed by atoms with Crippen molar-refractivity contribution in [1.82, 2.24) is 15.3 Å². The van der Waals surface area contributed by atoms with Crippen molar-refractivity contribution in [2.75, 3.05) is 19.0 Å². The molecule has 0 spiro atoms. The Kier molecular flexibility index (Phi) is 5.43. The van der Waals surface area contributed by atoms with Crippen LogP contribution in [0.3, 0.4) is 0 Å². The number of aromatic amines is 1. The van der Waals surface area contributed by atoms with Gasteiger partial charge in [-0.3, -0.25) is 4.79 Å².